The molecule has 19 heavy (non-hydrogen) atoms. The Morgan fingerprint density at radius 2 is 2.32 bits per heavy atom. The number of anilines is 1. The number of hydrogen-bond donors (Lipinski definition) is 1. The molecule has 0 saturated carbocycles. The summed E-state index contributed by atoms with van der Waals surface area (Å²) in [5, 5.41) is 20.0. The third-order valence-electron chi connectivity index (χ3n) is 3.01. The van der Waals surface area contributed by atoms with Crippen LogP contribution in [0.2, 0.25) is 0 Å². The lowest BCUT2D eigenvalue weighted by Crippen LogP contribution is -2.46. The van der Waals surface area contributed by atoms with Crippen LogP contribution in [-0.2, 0) is 9.53 Å². The Labute approximate surface area is 109 Å². The fourth-order valence-electron chi connectivity index (χ4n) is 2.06. The first-order chi connectivity index (χ1) is 8.99. The van der Waals surface area contributed by atoms with E-state index < -0.39 is 17.0 Å². The first-order valence-electron chi connectivity index (χ1n) is 5.83. The third-order valence-corrected chi connectivity index (χ3v) is 3.01. The Morgan fingerprint density at radius 3 is 2.95 bits per heavy atom. The minimum Gasteiger partial charge on any atom is -0.479 e. The Balaban J connectivity index is 2.32. The molecular formula is C12H14N2O5. The zero-order chi connectivity index (χ0) is 14.0. The summed E-state index contributed by atoms with van der Waals surface area (Å²) in [6, 6.07) is 4.80. The second kappa shape index (κ2) is 5.23. The molecule has 0 aliphatic carbocycles. The van der Waals surface area contributed by atoms with Gasteiger partial charge >= 0.3 is 5.97 Å². The van der Waals surface area contributed by atoms with Crippen LogP contribution in [0.3, 0.4) is 0 Å². The molecule has 0 aromatic heterocycles. The Hall–Kier alpha value is -2.15. The molecule has 1 aliphatic rings. The van der Waals surface area contributed by atoms with E-state index in [1.165, 1.54) is 6.07 Å². The van der Waals surface area contributed by atoms with Gasteiger partial charge in [-0.2, -0.15) is 0 Å². The van der Waals surface area contributed by atoms with Crippen LogP contribution in [0.1, 0.15) is 5.56 Å². The molecule has 1 aromatic rings. The predicted octanol–water partition coefficient (Wildman–Crippen LogP) is 1.19. The molecule has 1 fully saturated rings. The number of aryl methyl sites for hydroxylation is 1. The van der Waals surface area contributed by atoms with Crippen molar-refractivity contribution < 1.29 is 19.6 Å². The zero-order valence-electron chi connectivity index (χ0n) is 10.4. The second-order valence-electron chi connectivity index (χ2n) is 4.39. The number of nitrogens with zero attached hydrogens (tertiary/aromatic N) is 2. The van der Waals surface area contributed by atoms with Gasteiger partial charge in [0.15, 0.2) is 6.10 Å². The molecule has 1 heterocycles. The number of nitro groups is 1. The third kappa shape index (κ3) is 2.82. The van der Waals surface area contributed by atoms with E-state index in [1.807, 2.05) is 6.92 Å². The second-order valence-corrected chi connectivity index (χ2v) is 4.39. The van der Waals surface area contributed by atoms with E-state index in [0.717, 1.165) is 5.56 Å². The fourth-order valence-corrected chi connectivity index (χ4v) is 2.06. The van der Waals surface area contributed by atoms with Crippen molar-refractivity contribution in [2.24, 2.45) is 0 Å². The molecular weight excluding hydrogens is 252 g/mol. The maximum Gasteiger partial charge on any atom is 0.334 e. The minimum absolute atomic E-state index is 0.0170. The van der Waals surface area contributed by atoms with Crippen molar-refractivity contribution in [2.75, 3.05) is 24.6 Å². The Morgan fingerprint density at radius 1 is 1.58 bits per heavy atom. The molecule has 7 heteroatoms. The molecule has 0 bridgehead atoms. The summed E-state index contributed by atoms with van der Waals surface area (Å²) in [6.07, 6.45) is -0.950. The van der Waals surface area contributed by atoms with Crippen molar-refractivity contribution in [1.29, 1.82) is 0 Å². The zero-order valence-corrected chi connectivity index (χ0v) is 10.4. The average molecular weight is 266 g/mol. The lowest BCUT2D eigenvalue weighted by molar-refractivity contribution is -0.384. The van der Waals surface area contributed by atoms with Crippen molar-refractivity contribution in [3.05, 3.63) is 33.9 Å². The highest BCUT2D eigenvalue weighted by molar-refractivity contribution is 5.74. The van der Waals surface area contributed by atoms with Crippen LogP contribution in [0, 0.1) is 17.0 Å². The topological polar surface area (TPSA) is 92.9 Å². The Kier molecular flexibility index (Phi) is 3.66. The van der Waals surface area contributed by atoms with Gasteiger partial charge in [0, 0.05) is 12.6 Å². The number of aliphatic carboxylic acids is 1. The maximum absolute atomic E-state index is 11.0. The van der Waals surface area contributed by atoms with E-state index in [2.05, 4.69) is 0 Å². The van der Waals surface area contributed by atoms with Gasteiger partial charge in [0.05, 0.1) is 18.1 Å². The van der Waals surface area contributed by atoms with Crippen LogP contribution in [-0.4, -0.2) is 41.8 Å². The SMILES string of the molecule is Cc1ccc([N+](=O)[O-])c(N2CCOC(C(=O)O)C2)c1. The molecule has 1 aliphatic heterocycles. The number of rotatable bonds is 3. The monoisotopic (exact) mass is 266 g/mol. The summed E-state index contributed by atoms with van der Waals surface area (Å²) in [6.45, 7) is 2.62. The smallest absolute Gasteiger partial charge is 0.334 e. The van der Waals surface area contributed by atoms with E-state index in [9.17, 15) is 14.9 Å². The van der Waals surface area contributed by atoms with Crippen molar-refractivity contribution in [1.82, 2.24) is 0 Å². The number of benzene rings is 1. The van der Waals surface area contributed by atoms with Crippen molar-refractivity contribution in [3.63, 3.8) is 0 Å². The van der Waals surface area contributed by atoms with E-state index >= 15 is 0 Å². The largest absolute Gasteiger partial charge is 0.479 e. The number of carboxylic acid groups (broad SMARTS) is 1. The van der Waals surface area contributed by atoms with Gasteiger partial charge in [0.2, 0.25) is 0 Å². The van der Waals surface area contributed by atoms with Crippen molar-refractivity contribution >= 4 is 17.3 Å². The summed E-state index contributed by atoms with van der Waals surface area (Å²) >= 11 is 0. The lowest BCUT2D eigenvalue weighted by atomic mass is 10.1. The summed E-state index contributed by atoms with van der Waals surface area (Å²) in [5.41, 5.74) is 1.31. The number of morpholine rings is 1. The van der Waals surface area contributed by atoms with Crippen LogP contribution in [0.15, 0.2) is 18.2 Å². The van der Waals surface area contributed by atoms with Crippen LogP contribution in [0.25, 0.3) is 0 Å². The first-order valence-corrected chi connectivity index (χ1v) is 5.83. The molecule has 1 saturated heterocycles. The first kappa shape index (κ1) is 13.3. The summed E-state index contributed by atoms with van der Waals surface area (Å²) in [7, 11) is 0. The van der Waals surface area contributed by atoms with Gasteiger partial charge in [-0.05, 0) is 18.6 Å². The van der Waals surface area contributed by atoms with Gasteiger partial charge in [0.25, 0.3) is 5.69 Å². The average Bonchev–Trinajstić information content (AvgIpc) is 2.38. The van der Waals surface area contributed by atoms with Gasteiger partial charge in [-0.1, -0.05) is 6.07 Å². The van der Waals surface area contributed by atoms with E-state index in [1.54, 1.807) is 17.0 Å². The number of ether oxygens (including phenoxy) is 1. The van der Waals surface area contributed by atoms with Crippen molar-refractivity contribution in [2.45, 2.75) is 13.0 Å². The number of hydrogen-bond acceptors (Lipinski definition) is 5. The highest BCUT2D eigenvalue weighted by atomic mass is 16.6. The Bertz CT molecular complexity index is 517. The molecule has 0 amide bonds. The van der Waals surface area contributed by atoms with Gasteiger partial charge in [0.1, 0.15) is 5.69 Å². The van der Waals surface area contributed by atoms with Crippen LogP contribution >= 0.6 is 0 Å². The normalized spacial score (nSPS) is 19.2. The standard InChI is InChI=1S/C12H14N2O5/c1-8-2-3-9(14(17)18)10(6-8)13-4-5-19-11(7-13)12(15)16/h2-3,6,11H,4-5,7H2,1H3,(H,15,16). The number of nitro benzene ring substituents is 1. The van der Waals surface area contributed by atoms with E-state index in [4.69, 9.17) is 9.84 Å². The molecule has 1 atom stereocenters. The molecule has 1 unspecified atom stereocenters. The van der Waals surface area contributed by atoms with Gasteiger partial charge in [-0.15, -0.1) is 0 Å². The molecule has 2 rings (SSSR count). The summed E-state index contributed by atoms with van der Waals surface area (Å²) < 4.78 is 5.11. The molecule has 0 spiro atoms. The van der Waals surface area contributed by atoms with Crippen molar-refractivity contribution in [3.8, 4) is 0 Å². The fraction of sp³-hybridized carbons (Fsp3) is 0.417. The molecule has 102 valence electrons. The van der Waals surface area contributed by atoms with Gasteiger partial charge < -0.3 is 14.7 Å². The minimum atomic E-state index is -1.06. The lowest BCUT2D eigenvalue weighted by Gasteiger charge is -2.32. The maximum atomic E-state index is 11.0. The molecule has 7 nitrogen and oxygen atoms in total. The van der Waals surface area contributed by atoms with Crippen LogP contribution in [0.4, 0.5) is 11.4 Å². The van der Waals surface area contributed by atoms with Crippen LogP contribution in [0.5, 0.6) is 0 Å². The van der Waals surface area contributed by atoms with Gasteiger partial charge in [-0.25, -0.2) is 4.79 Å². The van der Waals surface area contributed by atoms with Gasteiger partial charge in [-0.3, -0.25) is 10.1 Å². The molecule has 1 aromatic carbocycles. The highest BCUT2D eigenvalue weighted by Crippen LogP contribution is 2.30. The summed E-state index contributed by atoms with van der Waals surface area (Å²) in [4.78, 5) is 23.2. The number of carboxylic acids is 1. The highest BCUT2D eigenvalue weighted by Gasteiger charge is 2.29. The summed E-state index contributed by atoms with van der Waals surface area (Å²) in [5.74, 6) is -1.06. The van der Waals surface area contributed by atoms with Crippen LogP contribution < -0.4 is 4.90 Å². The molecule has 1 N–H and O–H groups in total. The van der Waals surface area contributed by atoms with E-state index in [0.29, 0.717) is 12.2 Å². The molecule has 0 radical (unpaired) electrons. The number of carbonyl (C=O) groups is 1. The van der Waals surface area contributed by atoms with E-state index in [-0.39, 0.29) is 18.8 Å². The quantitative estimate of drug-likeness (QED) is 0.652. The predicted molar refractivity (Wildman–Crippen MR) is 67.4 cm³/mol.